The lowest BCUT2D eigenvalue weighted by molar-refractivity contribution is 0.0943. The first kappa shape index (κ1) is 14.3. The van der Waals surface area contributed by atoms with E-state index in [9.17, 15) is 4.79 Å². The lowest BCUT2D eigenvalue weighted by Crippen LogP contribution is -2.27. The molecule has 1 aromatic heterocycles. The Kier molecular flexibility index (Phi) is 5.07. The van der Waals surface area contributed by atoms with Crippen LogP contribution in [0, 0.1) is 5.92 Å². The van der Waals surface area contributed by atoms with Crippen LogP contribution < -0.4 is 0 Å². The van der Waals surface area contributed by atoms with E-state index in [1.54, 1.807) is 6.07 Å². The number of nitrogens with zero attached hydrogens (tertiary/aromatic N) is 1. The number of likely N-dealkylation sites (tertiary alicyclic amines) is 1. The highest BCUT2D eigenvalue weighted by atomic mass is 35.5. The van der Waals surface area contributed by atoms with Crippen molar-refractivity contribution in [1.82, 2.24) is 4.90 Å². The lowest BCUT2D eigenvalue weighted by Gasteiger charge is -2.14. The first-order valence-corrected chi connectivity index (χ1v) is 7.87. The van der Waals surface area contributed by atoms with E-state index in [1.807, 2.05) is 0 Å². The number of halogens is 2. The zero-order valence-electron chi connectivity index (χ0n) is 10.4. The van der Waals surface area contributed by atoms with Crippen LogP contribution in [0.4, 0.5) is 0 Å². The third kappa shape index (κ3) is 3.47. The van der Waals surface area contributed by atoms with E-state index in [2.05, 4.69) is 11.8 Å². The lowest BCUT2D eigenvalue weighted by atomic mass is 10.0. The number of thiophene rings is 1. The van der Waals surface area contributed by atoms with Gasteiger partial charge in [-0.3, -0.25) is 9.69 Å². The van der Waals surface area contributed by atoms with E-state index in [0.717, 1.165) is 19.0 Å². The number of hydrogen-bond acceptors (Lipinski definition) is 3. The normalized spacial score (nSPS) is 20.5. The summed E-state index contributed by atoms with van der Waals surface area (Å²) in [6.07, 6.45) is 3.69. The van der Waals surface area contributed by atoms with Crippen molar-refractivity contribution in [2.75, 3.05) is 19.6 Å². The van der Waals surface area contributed by atoms with Crippen molar-refractivity contribution in [3.63, 3.8) is 0 Å². The van der Waals surface area contributed by atoms with E-state index in [1.165, 1.54) is 30.6 Å². The Balaban J connectivity index is 1.91. The summed E-state index contributed by atoms with van der Waals surface area (Å²) in [5.74, 6) is 0.838. The zero-order valence-corrected chi connectivity index (χ0v) is 12.7. The molecular weight excluding hydrogens is 289 g/mol. The molecular formula is C13H17Cl2NOS. The van der Waals surface area contributed by atoms with Crippen LogP contribution in [0.25, 0.3) is 0 Å². The standard InChI is InChI=1S/C13H17Cl2NOS/c1-2-3-9-4-5-16(7-9)8-11(17)10-6-12(14)18-13(10)15/h6,9H,2-5,7-8H2,1H3. The molecule has 1 aliphatic rings. The number of carbonyl (C=O) groups is 1. The van der Waals surface area contributed by atoms with Crippen LogP contribution in [0.3, 0.4) is 0 Å². The van der Waals surface area contributed by atoms with Gasteiger partial charge in [0.1, 0.15) is 4.34 Å². The van der Waals surface area contributed by atoms with Gasteiger partial charge in [0.15, 0.2) is 5.78 Å². The number of ketones is 1. The third-order valence-electron chi connectivity index (χ3n) is 3.39. The summed E-state index contributed by atoms with van der Waals surface area (Å²) in [5.41, 5.74) is 0.575. The minimum atomic E-state index is 0.0836. The highest BCUT2D eigenvalue weighted by molar-refractivity contribution is 7.20. The fourth-order valence-electron chi connectivity index (χ4n) is 2.52. The molecule has 0 aromatic carbocycles. The van der Waals surface area contributed by atoms with Crippen molar-refractivity contribution in [2.24, 2.45) is 5.92 Å². The summed E-state index contributed by atoms with van der Waals surface area (Å²) in [7, 11) is 0. The van der Waals surface area contributed by atoms with Gasteiger partial charge in [0.25, 0.3) is 0 Å². The first-order valence-electron chi connectivity index (χ1n) is 6.30. The number of rotatable bonds is 5. The van der Waals surface area contributed by atoms with Crippen molar-refractivity contribution in [3.05, 3.63) is 20.3 Å². The molecule has 5 heteroatoms. The van der Waals surface area contributed by atoms with E-state index >= 15 is 0 Å². The molecule has 0 amide bonds. The van der Waals surface area contributed by atoms with Crippen molar-refractivity contribution in [3.8, 4) is 0 Å². The Bertz CT molecular complexity index is 433. The monoisotopic (exact) mass is 305 g/mol. The maximum absolute atomic E-state index is 12.1. The molecule has 0 radical (unpaired) electrons. The van der Waals surface area contributed by atoms with Gasteiger partial charge in [0.2, 0.25) is 0 Å². The van der Waals surface area contributed by atoms with Crippen LogP contribution in [0.15, 0.2) is 6.07 Å². The molecule has 18 heavy (non-hydrogen) atoms. The van der Waals surface area contributed by atoms with Gasteiger partial charge in [0, 0.05) is 6.54 Å². The van der Waals surface area contributed by atoms with Crippen molar-refractivity contribution >= 4 is 40.3 Å². The summed E-state index contributed by atoms with van der Waals surface area (Å²) >= 11 is 13.1. The second kappa shape index (κ2) is 6.38. The molecule has 1 aromatic rings. The minimum absolute atomic E-state index is 0.0836. The fourth-order valence-corrected chi connectivity index (χ4v) is 4.02. The molecule has 0 spiro atoms. The zero-order chi connectivity index (χ0) is 13.1. The van der Waals surface area contributed by atoms with E-state index < -0.39 is 0 Å². The molecule has 0 bridgehead atoms. The van der Waals surface area contributed by atoms with Crippen molar-refractivity contribution in [2.45, 2.75) is 26.2 Å². The number of carbonyl (C=O) groups excluding carboxylic acids is 1. The van der Waals surface area contributed by atoms with Crippen LogP contribution in [-0.2, 0) is 0 Å². The van der Waals surface area contributed by atoms with Gasteiger partial charge in [-0.25, -0.2) is 0 Å². The summed E-state index contributed by atoms with van der Waals surface area (Å²) < 4.78 is 1.09. The predicted molar refractivity (Wildman–Crippen MR) is 78.1 cm³/mol. The molecule has 1 saturated heterocycles. The average Bonchev–Trinajstić information content (AvgIpc) is 2.86. The maximum Gasteiger partial charge on any atom is 0.179 e. The molecule has 1 atom stereocenters. The topological polar surface area (TPSA) is 20.3 Å². The molecule has 0 N–H and O–H groups in total. The quantitative estimate of drug-likeness (QED) is 0.753. The van der Waals surface area contributed by atoms with Crippen LogP contribution in [0.2, 0.25) is 8.67 Å². The molecule has 0 saturated carbocycles. The summed E-state index contributed by atoms with van der Waals surface area (Å²) in [6.45, 7) is 4.73. The van der Waals surface area contributed by atoms with Crippen LogP contribution in [0.1, 0.15) is 36.5 Å². The largest absolute Gasteiger partial charge is 0.296 e. The summed E-state index contributed by atoms with van der Waals surface area (Å²) in [4.78, 5) is 14.3. The third-order valence-corrected chi connectivity index (χ3v) is 4.88. The average molecular weight is 306 g/mol. The van der Waals surface area contributed by atoms with Crippen molar-refractivity contribution < 1.29 is 4.79 Å². The predicted octanol–water partition coefficient (Wildman–Crippen LogP) is 4.36. The molecule has 100 valence electrons. The first-order chi connectivity index (χ1) is 8.60. The second-order valence-electron chi connectivity index (χ2n) is 4.84. The van der Waals surface area contributed by atoms with Gasteiger partial charge in [-0.2, -0.15) is 0 Å². The molecule has 2 rings (SSSR count). The van der Waals surface area contributed by atoms with Crippen molar-refractivity contribution in [1.29, 1.82) is 0 Å². The van der Waals surface area contributed by atoms with Crippen LogP contribution in [-0.4, -0.2) is 30.3 Å². The Labute approximate surface area is 122 Å². The molecule has 2 nitrogen and oxygen atoms in total. The van der Waals surface area contributed by atoms with E-state index in [0.29, 0.717) is 20.8 Å². The molecule has 0 aliphatic carbocycles. The molecule has 2 heterocycles. The van der Waals surface area contributed by atoms with Crippen LogP contribution >= 0.6 is 34.5 Å². The number of Topliss-reactive ketones (excluding diaryl/α,β-unsaturated/α-hetero) is 1. The smallest absolute Gasteiger partial charge is 0.179 e. The number of hydrogen-bond donors (Lipinski definition) is 0. The Hall–Kier alpha value is -0.0900. The molecule has 1 unspecified atom stereocenters. The summed E-state index contributed by atoms with van der Waals surface area (Å²) in [6, 6.07) is 1.68. The Morgan fingerprint density at radius 1 is 1.56 bits per heavy atom. The van der Waals surface area contributed by atoms with Gasteiger partial charge in [-0.05, 0) is 31.4 Å². The second-order valence-corrected chi connectivity index (χ2v) is 7.13. The summed E-state index contributed by atoms with van der Waals surface area (Å²) in [5, 5.41) is 0. The Morgan fingerprint density at radius 2 is 2.33 bits per heavy atom. The van der Waals surface area contributed by atoms with Gasteiger partial charge in [-0.1, -0.05) is 36.5 Å². The van der Waals surface area contributed by atoms with E-state index in [-0.39, 0.29) is 5.78 Å². The maximum atomic E-state index is 12.1. The molecule has 1 fully saturated rings. The molecule has 1 aliphatic heterocycles. The minimum Gasteiger partial charge on any atom is -0.296 e. The van der Waals surface area contributed by atoms with Gasteiger partial charge < -0.3 is 0 Å². The van der Waals surface area contributed by atoms with Gasteiger partial charge in [-0.15, -0.1) is 11.3 Å². The Morgan fingerprint density at radius 3 is 2.94 bits per heavy atom. The highest BCUT2D eigenvalue weighted by Gasteiger charge is 2.24. The SMILES string of the molecule is CCCC1CCN(CC(=O)c2cc(Cl)sc2Cl)C1. The van der Waals surface area contributed by atoms with Gasteiger partial charge in [0.05, 0.1) is 16.4 Å². The van der Waals surface area contributed by atoms with E-state index in [4.69, 9.17) is 23.2 Å². The van der Waals surface area contributed by atoms with Gasteiger partial charge >= 0.3 is 0 Å². The highest BCUT2D eigenvalue weighted by Crippen LogP contribution is 2.32. The van der Waals surface area contributed by atoms with Crippen LogP contribution in [0.5, 0.6) is 0 Å². The fraction of sp³-hybridized carbons (Fsp3) is 0.615.